The van der Waals surface area contributed by atoms with Gasteiger partial charge in [0.2, 0.25) is 5.91 Å². The van der Waals surface area contributed by atoms with Crippen molar-refractivity contribution in [2.45, 2.75) is 76.9 Å². The smallest absolute Gasteiger partial charge is 0.308 e. The van der Waals surface area contributed by atoms with Crippen LogP contribution in [0.3, 0.4) is 0 Å². The topological polar surface area (TPSA) is 79.2 Å². The number of carbonyl (C=O) groups excluding carboxylic acids is 2. The summed E-state index contributed by atoms with van der Waals surface area (Å²) in [4.78, 5) is 23.7. The Kier molecular flexibility index (Phi) is 5.55. The van der Waals surface area contributed by atoms with Crippen molar-refractivity contribution in [1.29, 1.82) is 5.26 Å². The van der Waals surface area contributed by atoms with Crippen LogP contribution in [0, 0.1) is 11.3 Å². The molecule has 5 nitrogen and oxygen atoms in total. The molecular weight excluding hydrogens is 256 g/mol. The Morgan fingerprint density at radius 2 is 1.85 bits per heavy atom. The molecule has 1 rings (SSSR count). The summed E-state index contributed by atoms with van der Waals surface area (Å²) in [6.45, 7) is 5.48. The van der Waals surface area contributed by atoms with Gasteiger partial charge in [0.25, 0.3) is 0 Å². The van der Waals surface area contributed by atoms with E-state index in [0.29, 0.717) is 0 Å². The summed E-state index contributed by atoms with van der Waals surface area (Å²) in [5.74, 6) is -0.602. The van der Waals surface area contributed by atoms with Gasteiger partial charge < -0.3 is 10.1 Å². The molecule has 0 heterocycles. The van der Waals surface area contributed by atoms with Crippen molar-refractivity contribution < 1.29 is 14.3 Å². The van der Waals surface area contributed by atoms with Crippen LogP contribution in [0.2, 0.25) is 0 Å². The second-order valence-electron chi connectivity index (χ2n) is 6.49. The maximum Gasteiger partial charge on any atom is 0.308 e. The highest BCUT2D eigenvalue weighted by atomic mass is 16.6. The van der Waals surface area contributed by atoms with E-state index in [1.165, 1.54) is 0 Å². The number of amides is 1. The fourth-order valence-electron chi connectivity index (χ4n) is 2.64. The van der Waals surface area contributed by atoms with Gasteiger partial charge in [0.1, 0.15) is 12.0 Å². The third-order valence-corrected chi connectivity index (χ3v) is 3.36. The lowest BCUT2D eigenvalue weighted by molar-refractivity contribution is -0.157. The van der Waals surface area contributed by atoms with Crippen LogP contribution in [0.4, 0.5) is 0 Å². The molecule has 0 radical (unpaired) electrons. The molecule has 0 saturated heterocycles. The van der Waals surface area contributed by atoms with Crippen LogP contribution in [0.5, 0.6) is 0 Å². The van der Waals surface area contributed by atoms with E-state index in [1.54, 1.807) is 0 Å². The van der Waals surface area contributed by atoms with E-state index in [-0.39, 0.29) is 24.7 Å². The molecule has 1 fully saturated rings. The molecule has 1 aliphatic rings. The summed E-state index contributed by atoms with van der Waals surface area (Å²) in [5.41, 5.74) is -1.06. The van der Waals surface area contributed by atoms with E-state index < -0.39 is 11.1 Å². The Bertz CT molecular complexity index is 398. The molecule has 0 spiro atoms. The van der Waals surface area contributed by atoms with Crippen molar-refractivity contribution in [3.8, 4) is 6.07 Å². The van der Waals surface area contributed by atoms with Crippen molar-refractivity contribution in [2.75, 3.05) is 0 Å². The molecule has 112 valence electrons. The van der Waals surface area contributed by atoms with Gasteiger partial charge in [-0.2, -0.15) is 5.26 Å². The van der Waals surface area contributed by atoms with Crippen LogP contribution in [0.15, 0.2) is 0 Å². The van der Waals surface area contributed by atoms with Crippen molar-refractivity contribution >= 4 is 11.9 Å². The Balaban J connectivity index is 2.71. The van der Waals surface area contributed by atoms with Gasteiger partial charge in [-0.05, 0) is 33.6 Å². The van der Waals surface area contributed by atoms with E-state index in [2.05, 4.69) is 5.32 Å². The van der Waals surface area contributed by atoms with E-state index in [9.17, 15) is 9.59 Å². The molecule has 0 aromatic rings. The van der Waals surface area contributed by atoms with Crippen LogP contribution in [-0.4, -0.2) is 23.0 Å². The van der Waals surface area contributed by atoms with Gasteiger partial charge in [0.05, 0.1) is 18.0 Å². The number of nitrogens with one attached hydrogen (secondary N) is 1. The van der Waals surface area contributed by atoms with Gasteiger partial charge in [-0.3, -0.25) is 9.59 Å². The minimum absolute atomic E-state index is 0.171. The first-order valence-corrected chi connectivity index (χ1v) is 7.16. The third kappa shape index (κ3) is 5.60. The van der Waals surface area contributed by atoms with Crippen molar-refractivity contribution in [3.05, 3.63) is 0 Å². The van der Waals surface area contributed by atoms with E-state index in [1.807, 2.05) is 26.8 Å². The molecule has 0 aliphatic heterocycles. The van der Waals surface area contributed by atoms with Crippen molar-refractivity contribution in [1.82, 2.24) is 5.32 Å². The number of hydrogen-bond donors (Lipinski definition) is 1. The lowest BCUT2D eigenvalue weighted by Crippen LogP contribution is -2.51. The first-order chi connectivity index (χ1) is 9.26. The molecule has 0 unspecified atom stereocenters. The van der Waals surface area contributed by atoms with Gasteiger partial charge in [-0.25, -0.2) is 0 Å². The third-order valence-electron chi connectivity index (χ3n) is 3.36. The molecule has 1 amide bonds. The highest BCUT2D eigenvalue weighted by molar-refractivity contribution is 5.80. The van der Waals surface area contributed by atoms with Crippen molar-refractivity contribution in [3.63, 3.8) is 0 Å². The SMILES string of the molecule is CC(C)(C)OC(=O)CC1(NC(=O)CC#N)CCCCC1. The van der Waals surface area contributed by atoms with E-state index >= 15 is 0 Å². The summed E-state index contributed by atoms with van der Waals surface area (Å²) >= 11 is 0. The number of hydrogen-bond acceptors (Lipinski definition) is 4. The summed E-state index contributed by atoms with van der Waals surface area (Å²) in [6.07, 6.45) is 4.62. The van der Waals surface area contributed by atoms with Gasteiger partial charge >= 0.3 is 5.97 Å². The molecule has 5 heteroatoms. The molecule has 0 atom stereocenters. The van der Waals surface area contributed by atoms with Crippen LogP contribution in [0.25, 0.3) is 0 Å². The number of rotatable bonds is 4. The van der Waals surface area contributed by atoms with Gasteiger partial charge in [0.15, 0.2) is 0 Å². The maximum atomic E-state index is 12.0. The quantitative estimate of drug-likeness (QED) is 0.802. The van der Waals surface area contributed by atoms with Gasteiger partial charge in [0, 0.05) is 0 Å². The molecule has 1 N–H and O–H groups in total. The lowest BCUT2D eigenvalue weighted by atomic mass is 9.79. The second kappa shape index (κ2) is 6.74. The summed E-state index contributed by atoms with van der Waals surface area (Å²) in [7, 11) is 0. The fraction of sp³-hybridized carbons (Fsp3) is 0.800. The van der Waals surface area contributed by atoms with Crippen LogP contribution in [0.1, 0.15) is 65.7 Å². The molecule has 0 aromatic carbocycles. The monoisotopic (exact) mass is 280 g/mol. The summed E-state index contributed by atoms with van der Waals surface area (Å²) in [5, 5.41) is 11.5. The normalized spacial score (nSPS) is 17.9. The average Bonchev–Trinajstić information content (AvgIpc) is 2.26. The number of carbonyl (C=O) groups is 2. The predicted octanol–water partition coefficient (Wildman–Crippen LogP) is 2.45. The fourth-order valence-corrected chi connectivity index (χ4v) is 2.64. The average molecular weight is 280 g/mol. The van der Waals surface area contributed by atoms with Crippen LogP contribution < -0.4 is 5.32 Å². The Morgan fingerprint density at radius 1 is 1.25 bits per heavy atom. The number of nitrogens with zero attached hydrogens (tertiary/aromatic N) is 1. The standard InChI is InChI=1S/C15H24N2O3/c1-14(2,3)20-13(19)11-15(8-5-4-6-9-15)17-12(18)7-10-16/h4-9,11H2,1-3H3,(H,17,18). The van der Waals surface area contributed by atoms with E-state index in [4.69, 9.17) is 10.00 Å². The molecule has 0 bridgehead atoms. The molecule has 20 heavy (non-hydrogen) atoms. The lowest BCUT2D eigenvalue weighted by Gasteiger charge is -2.38. The first kappa shape index (κ1) is 16.5. The summed E-state index contributed by atoms with van der Waals surface area (Å²) < 4.78 is 5.35. The highest BCUT2D eigenvalue weighted by Crippen LogP contribution is 2.32. The zero-order valence-electron chi connectivity index (χ0n) is 12.6. The number of ether oxygens (including phenoxy) is 1. The minimum atomic E-state index is -0.533. The van der Waals surface area contributed by atoms with E-state index in [0.717, 1.165) is 32.1 Å². The van der Waals surface area contributed by atoms with Crippen LogP contribution in [-0.2, 0) is 14.3 Å². The minimum Gasteiger partial charge on any atom is -0.460 e. The Labute approximate surface area is 120 Å². The zero-order valence-corrected chi connectivity index (χ0v) is 12.6. The maximum absolute atomic E-state index is 12.0. The molecule has 1 aliphatic carbocycles. The highest BCUT2D eigenvalue weighted by Gasteiger charge is 2.37. The van der Waals surface area contributed by atoms with Gasteiger partial charge in [-0.1, -0.05) is 19.3 Å². The molecular formula is C15H24N2O3. The van der Waals surface area contributed by atoms with Crippen molar-refractivity contribution in [2.24, 2.45) is 0 Å². The predicted molar refractivity (Wildman–Crippen MR) is 74.7 cm³/mol. The number of esters is 1. The molecule has 0 aromatic heterocycles. The summed E-state index contributed by atoms with van der Waals surface area (Å²) in [6, 6.07) is 1.84. The number of nitriles is 1. The zero-order chi connectivity index (χ0) is 15.2. The first-order valence-electron chi connectivity index (χ1n) is 7.16. The Morgan fingerprint density at radius 3 is 2.35 bits per heavy atom. The second-order valence-corrected chi connectivity index (χ2v) is 6.49. The largest absolute Gasteiger partial charge is 0.460 e. The van der Waals surface area contributed by atoms with Gasteiger partial charge in [-0.15, -0.1) is 0 Å². The van der Waals surface area contributed by atoms with Crippen LogP contribution >= 0.6 is 0 Å². The molecule has 1 saturated carbocycles. The Hall–Kier alpha value is -1.57.